The topological polar surface area (TPSA) is 71.4 Å². The molecule has 104 valence electrons. The first kappa shape index (κ1) is 13.9. The monoisotopic (exact) mass is 272 g/mol. The van der Waals surface area contributed by atoms with Gasteiger partial charge in [0.15, 0.2) is 6.29 Å². The molecule has 5 heteroatoms. The summed E-state index contributed by atoms with van der Waals surface area (Å²) in [4.78, 5) is 22.0. The van der Waals surface area contributed by atoms with Crippen LogP contribution in [0.3, 0.4) is 0 Å². The van der Waals surface area contributed by atoms with Gasteiger partial charge in [0, 0.05) is 12.6 Å². The molecule has 0 unspecified atom stereocenters. The minimum absolute atomic E-state index is 0.0419. The van der Waals surface area contributed by atoms with Gasteiger partial charge in [-0.3, -0.25) is 4.79 Å². The molecule has 2 aromatic rings. The standard InChI is InChI=1S/C15H15NO4/c1-10-4-3-5-13(6-10)20-9-11-7-12(8-17)16(2)14(11)15(18)19/h3-8H,9H2,1-2H3,(H,18,19)/p-1. The van der Waals surface area contributed by atoms with E-state index in [9.17, 15) is 14.7 Å². The largest absolute Gasteiger partial charge is 0.543 e. The number of carboxylic acid groups (broad SMARTS) is 1. The molecule has 1 aromatic carbocycles. The summed E-state index contributed by atoms with van der Waals surface area (Å²) in [6.45, 7) is 2.00. The summed E-state index contributed by atoms with van der Waals surface area (Å²) in [5, 5.41) is 11.1. The van der Waals surface area contributed by atoms with Crippen molar-refractivity contribution in [2.45, 2.75) is 13.5 Å². The van der Waals surface area contributed by atoms with Crippen LogP contribution in [-0.2, 0) is 13.7 Å². The van der Waals surface area contributed by atoms with Crippen LogP contribution in [0.1, 0.15) is 32.1 Å². The second kappa shape index (κ2) is 5.61. The van der Waals surface area contributed by atoms with Crippen LogP contribution in [0.4, 0.5) is 0 Å². The van der Waals surface area contributed by atoms with E-state index in [4.69, 9.17) is 4.74 Å². The van der Waals surface area contributed by atoms with Crippen molar-refractivity contribution in [3.63, 3.8) is 0 Å². The zero-order valence-electron chi connectivity index (χ0n) is 11.3. The number of hydrogen-bond donors (Lipinski definition) is 0. The molecule has 5 nitrogen and oxygen atoms in total. The number of ether oxygens (including phenoxy) is 1. The zero-order valence-corrected chi connectivity index (χ0v) is 11.3. The number of aromatic nitrogens is 1. The molecule has 0 radical (unpaired) electrons. The average Bonchev–Trinajstić information content (AvgIpc) is 2.73. The molecule has 0 aliphatic heterocycles. The summed E-state index contributed by atoms with van der Waals surface area (Å²) < 4.78 is 6.85. The van der Waals surface area contributed by atoms with Gasteiger partial charge < -0.3 is 19.2 Å². The lowest BCUT2D eigenvalue weighted by molar-refractivity contribution is -0.255. The maximum absolute atomic E-state index is 11.1. The Labute approximate surface area is 116 Å². The van der Waals surface area contributed by atoms with Crippen molar-refractivity contribution in [3.05, 3.63) is 52.8 Å². The normalized spacial score (nSPS) is 10.3. The minimum atomic E-state index is -1.33. The first-order valence-electron chi connectivity index (χ1n) is 6.07. The molecule has 20 heavy (non-hydrogen) atoms. The van der Waals surface area contributed by atoms with Gasteiger partial charge in [-0.25, -0.2) is 0 Å². The second-order valence-electron chi connectivity index (χ2n) is 4.51. The maximum atomic E-state index is 11.1. The number of carboxylic acids is 1. The van der Waals surface area contributed by atoms with Crippen molar-refractivity contribution >= 4 is 12.3 Å². The average molecular weight is 272 g/mol. The third-order valence-corrected chi connectivity index (χ3v) is 3.05. The van der Waals surface area contributed by atoms with E-state index in [1.807, 2.05) is 25.1 Å². The molecule has 0 bridgehead atoms. The Morgan fingerprint density at radius 2 is 2.15 bits per heavy atom. The Morgan fingerprint density at radius 3 is 2.75 bits per heavy atom. The number of benzene rings is 1. The highest BCUT2D eigenvalue weighted by atomic mass is 16.5. The quantitative estimate of drug-likeness (QED) is 0.764. The molecule has 2 rings (SSSR count). The van der Waals surface area contributed by atoms with Crippen LogP contribution in [-0.4, -0.2) is 16.8 Å². The molecule has 0 spiro atoms. The van der Waals surface area contributed by atoms with Gasteiger partial charge in [0.05, 0.1) is 17.4 Å². The molecule has 1 heterocycles. The highest BCUT2D eigenvalue weighted by Crippen LogP contribution is 2.18. The molecule has 0 aliphatic carbocycles. The summed E-state index contributed by atoms with van der Waals surface area (Å²) >= 11 is 0. The van der Waals surface area contributed by atoms with Gasteiger partial charge in [0.1, 0.15) is 12.4 Å². The van der Waals surface area contributed by atoms with E-state index < -0.39 is 5.97 Å². The maximum Gasteiger partial charge on any atom is 0.166 e. The zero-order chi connectivity index (χ0) is 14.7. The van der Waals surface area contributed by atoms with E-state index >= 15 is 0 Å². The first-order valence-corrected chi connectivity index (χ1v) is 6.07. The highest BCUT2D eigenvalue weighted by molar-refractivity contribution is 5.88. The third kappa shape index (κ3) is 2.71. The van der Waals surface area contributed by atoms with Crippen LogP contribution < -0.4 is 9.84 Å². The van der Waals surface area contributed by atoms with Crippen LogP contribution in [0.5, 0.6) is 5.75 Å². The lowest BCUT2D eigenvalue weighted by Gasteiger charge is -2.10. The van der Waals surface area contributed by atoms with Gasteiger partial charge in [-0.1, -0.05) is 12.1 Å². The van der Waals surface area contributed by atoms with E-state index in [0.717, 1.165) is 5.56 Å². The van der Waals surface area contributed by atoms with E-state index in [-0.39, 0.29) is 18.0 Å². The minimum Gasteiger partial charge on any atom is -0.543 e. The van der Waals surface area contributed by atoms with Gasteiger partial charge in [-0.2, -0.15) is 0 Å². The fourth-order valence-electron chi connectivity index (χ4n) is 2.05. The fraction of sp³-hybridized carbons (Fsp3) is 0.200. The number of rotatable bonds is 5. The van der Waals surface area contributed by atoms with E-state index in [1.54, 1.807) is 6.07 Å². The summed E-state index contributed by atoms with van der Waals surface area (Å²) in [6.07, 6.45) is 0.600. The smallest absolute Gasteiger partial charge is 0.166 e. The third-order valence-electron chi connectivity index (χ3n) is 3.05. The van der Waals surface area contributed by atoms with Crippen LogP contribution in [0.25, 0.3) is 0 Å². The Hall–Kier alpha value is -2.56. The molecule has 0 amide bonds. The number of carbonyl (C=O) groups is 2. The molecular weight excluding hydrogens is 258 g/mol. The molecule has 0 saturated carbocycles. The van der Waals surface area contributed by atoms with Gasteiger partial charge in [0.2, 0.25) is 0 Å². The van der Waals surface area contributed by atoms with Crippen LogP contribution >= 0.6 is 0 Å². The van der Waals surface area contributed by atoms with E-state index in [0.29, 0.717) is 17.6 Å². The summed E-state index contributed by atoms with van der Waals surface area (Å²) in [5.41, 5.74) is 1.69. The molecule has 0 N–H and O–H groups in total. The number of hydrogen-bond acceptors (Lipinski definition) is 4. The summed E-state index contributed by atoms with van der Waals surface area (Å²) in [6, 6.07) is 8.92. The van der Waals surface area contributed by atoms with Crippen molar-refractivity contribution in [2.75, 3.05) is 0 Å². The highest BCUT2D eigenvalue weighted by Gasteiger charge is 2.13. The second-order valence-corrected chi connectivity index (χ2v) is 4.51. The Bertz CT molecular complexity index is 658. The van der Waals surface area contributed by atoms with Crippen LogP contribution in [0.2, 0.25) is 0 Å². The molecule has 0 fully saturated rings. The predicted octanol–water partition coefficient (Wildman–Crippen LogP) is 1.09. The van der Waals surface area contributed by atoms with Crippen LogP contribution in [0.15, 0.2) is 30.3 Å². The van der Waals surface area contributed by atoms with Crippen molar-refractivity contribution < 1.29 is 19.4 Å². The number of nitrogens with zero attached hydrogens (tertiary/aromatic N) is 1. The van der Waals surface area contributed by atoms with Gasteiger partial charge in [-0.15, -0.1) is 0 Å². The number of carbonyl (C=O) groups excluding carboxylic acids is 2. The predicted molar refractivity (Wildman–Crippen MR) is 70.6 cm³/mol. The lowest BCUT2D eigenvalue weighted by atomic mass is 10.2. The number of aromatic carboxylic acids is 1. The van der Waals surface area contributed by atoms with Gasteiger partial charge >= 0.3 is 0 Å². The fourth-order valence-corrected chi connectivity index (χ4v) is 2.05. The first-order chi connectivity index (χ1) is 9.52. The van der Waals surface area contributed by atoms with Crippen molar-refractivity contribution in [1.29, 1.82) is 0 Å². The van der Waals surface area contributed by atoms with Crippen molar-refractivity contribution in [3.8, 4) is 5.75 Å². The Balaban J connectivity index is 2.25. The summed E-state index contributed by atoms with van der Waals surface area (Å²) in [5.74, 6) is -0.686. The van der Waals surface area contributed by atoms with E-state index in [1.165, 1.54) is 17.7 Å². The Morgan fingerprint density at radius 1 is 1.40 bits per heavy atom. The van der Waals surface area contributed by atoms with E-state index in [2.05, 4.69) is 0 Å². The molecule has 0 aliphatic rings. The van der Waals surface area contributed by atoms with Gasteiger partial charge in [0.25, 0.3) is 0 Å². The van der Waals surface area contributed by atoms with Crippen molar-refractivity contribution in [1.82, 2.24) is 4.57 Å². The van der Waals surface area contributed by atoms with Crippen LogP contribution in [0, 0.1) is 6.92 Å². The number of aldehydes is 1. The van der Waals surface area contributed by atoms with Gasteiger partial charge in [-0.05, 0) is 30.7 Å². The Kier molecular flexibility index (Phi) is 3.89. The SMILES string of the molecule is Cc1cccc(OCc2cc(C=O)n(C)c2C(=O)[O-])c1. The molecule has 0 saturated heterocycles. The molecule has 1 aromatic heterocycles. The number of aryl methyl sites for hydroxylation is 1. The lowest BCUT2D eigenvalue weighted by Crippen LogP contribution is -2.26. The molecule has 0 atom stereocenters. The van der Waals surface area contributed by atoms with Crippen molar-refractivity contribution in [2.24, 2.45) is 7.05 Å². The molecular formula is C15H14NO4-. The summed E-state index contributed by atoms with van der Waals surface area (Å²) in [7, 11) is 1.50.